The normalized spacial score (nSPS) is 17.9. The van der Waals surface area contributed by atoms with Crippen molar-refractivity contribution in [3.63, 3.8) is 0 Å². The molecule has 1 aliphatic heterocycles. The van der Waals surface area contributed by atoms with Crippen molar-refractivity contribution >= 4 is 17.9 Å². The lowest BCUT2D eigenvalue weighted by atomic mass is 9.88. The van der Waals surface area contributed by atoms with Gasteiger partial charge in [0.05, 0.1) is 0 Å². The molecular weight excluding hydrogens is 246 g/mol. The number of carbonyl (C=O) groups is 1. The van der Waals surface area contributed by atoms with E-state index in [9.17, 15) is 4.79 Å². The zero-order valence-electron chi connectivity index (χ0n) is 10.9. The van der Waals surface area contributed by atoms with Crippen LogP contribution in [-0.4, -0.2) is 30.8 Å². The van der Waals surface area contributed by atoms with Gasteiger partial charge in [-0.3, -0.25) is 0 Å². The molecule has 0 unspecified atom stereocenters. The minimum Gasteiger partial charge on any atom is -0.304 e. The Hall–Kier alpha value is -0.860. The number of hydrogen-bond acceptors (Lipinski definition) is 2. The van der Waals surface area contributed by atoms with Gasteiger partial charge in [-0.2, -0.15) is 0 Å². The molecule has 0 aromatic heterocycles. The molecule has 1 fully saturated rings. The molecule has 0 atom stereocenters. The van der Waals surface area contributed by atoms with Crippen LogP contribution in [0.25, 0.3) is 0 Å². The number of likely N-dealkylation sites (tertiary alicyclic amines) is 1. The summed E-state index contributed by atoms with van der Waals surface area (Å²) >= 11 is 6.42. The van der Waals surface area contributed by atoms with Crippen LogP contribution in [0.4, 0.5) is 0 Å². The summed E-state index contributed by atoms with van der Waals surface area (Å²) in [5.41, 5.74) is 2.19. The molecule has 0 bridgehead atoms. The standard InChI is InChI=1S/C15H20ClNO/c1-2-17-9-6-12(7-10-17)14-5-3-4-13(8-11-18)15(14)16/h3-5,11-12H,2,6-10H2,1H3. The summed E-state index contributed by atoms with van der Waals surface area (Å²) < 4.78 is 0. The Morgan fingerprint density at radius 3 is 2.72 bits per heavy atom. The van der Waals surface area contributed by atoms with Crippen molar-refractivity contribution in [2.24, 2.45) is 0 Å². The minimum absolute atomic E-state index is 0.417. The van der Waals surface area contributed by atoms with Gasteiger partial charge in [0.2, 0.25) is 0 Å². The van der Waals surface area contributed by atoms with Crippen molar-refractivity contribution in [2.75, 3.05) is 19.6 Å². The molecule has 1 aliphatic rings. The fourth-order valence-corrected chi connectivity index (χ4v) is 3.08. The molecular formula is C15H20ClNO. The monoisotopic (exact) mass is 265 g/mol. The molecule has 3 heteroatoms. The first-order chi connectivity index (χ1) is 8.76. The van der Waals surface area contributed by atoms with E-state index in [2.05, 4.69) is 17.9 Å². The molecule has 0 radical (unpaired) electrons. The number of aldehydes is 1. The lowest BCUT2D eigenvalue weighted by Gasteiger charge is -2.31. The number of halogens is 1. The van der Waals surface area contributed by atoms with Crippen molar-refractivity contribution < 1.29 is 4.79 Å². The highest BCUT2D eigenvalue weighted by Gasteiger charge is 2.22. The van der Waals surface area contributed by atoms with Crippen molar-refractivity contribution in [1.82, 2.24) is 4.90 Å². The summed E-state index contributed by atoms with van der Waals surface area (Å²) in [5.74, 6) is 0.548. The van der Waals surface area contributed by atoms with Crippen LogP contribution >= 0.6 is 11.6 Å². The molecule has 98 valence electrons. The molecule has 0 amide bonds. The van der Waals surface area contributed by atoms with E-state index in [0.29, 0.717) is 12.3 Å². The van der Waals surface area contributed by atoms with E-state index in [-0.39, 0.29) is 0 Å². The summed E-state index contributed by atoms with van der Waals surface area (Å²) in [5, 5.41) is 0.805. The van der Waals surface area contributed by atoms with Crippen LogP contribution < -0.4 is 0 Å². The topological polar surface area (TPSA) is 20.3 Å². The van der Waals surface area contributed by atoms with Gasteiger partial charge in [-0.15, -0.1) is 0 Å². The Labute approximate surface area is 114 Å². The Bertz CT molecular complexity index is 411. The molecule has 1 heterocycles. The van der Waals surface area contributed by atoms with E-state index in [0.717, 1.165) is 49.3 Å². The molecule has 0 spiro atoms. The average molecular weight is 266 g/mol. The van der Waals surface area contributed by atoms with Gasteiger partial charge in [0.15, 0.2) is 0 Å². The number of rotatable bonds is 4. The highest BCUT2D eigenvalue weighted by molar-refractivity contribution is 6.32. The fourth-order valence-electron chi connectivity index (χ4n) is 2.72. The van der Waals surface area contributed by atoms with Crippen LogP contribution in [0.1, 0.15) is 36.8 Å². The molecule has 1 aromatic carbocycles. The Balaban J connectivity index is 2.14. The second-order valence-electron chi connectivity index (χ2n) is 4.90. The smallest absolute Gasteiger partial charge is 0.124 e. The van der Waals surface area contributed by atoms with Crippen LogP contribution in [-0.2, 0) is 11.2 Å². The summed E-state index contributed by atoms with van der Waals surface area (Å²) in [6.07, 6.45) is 3.67. The van der Waals surface area contributed by atoms with Crippen molar-refractivity contribution in [3.8, 4) is 0 Å². The van der Waals surface area contributed by atoms with Crippen LogP contribution in [0.2, 0.25) is 5.02 Å². The fraction of sp³-hybridized carbons (Fsp3) is 0.533. The molecule has 0 saturated carbocycles. The van der Waals surface area contributed by atoms with Crippen LogP contribution in [0.3, 0.4) is 0 Å². The first-order valence-corrected chi connectivity index (χ1v) is 7.07. The van der Waals surface area contributed by atoms with E-state index >= 15 is 0 Å². The van der Waals surface area contributed by atoms with Gasteiger partial charge >= 0.3 is 0 Å². The maximum atomic E-state index is 10.6. The van der Waals surface area contributed by atoms with Gasteiger partial charge in [0.1, 0.15) is 6.29 Å². The molecule has 0 N–H and O–H groups in total. The van der Waals surface area contributed by atoms with Crippen molar-refractivity contribution in [1.29, 1.82) is 0 Å². The maximum Gasteiger partial charge on any atom is 0.124 e. The SMILES string of the molecule is CCN1CCC(c2cccc(CC=O)c2Cl)CC1. The average Bonchev–Trinajstić information content (AvgIpc) is 2.42. The van der Waals surface area contributed by atoms with Gasteiger partial charge < -0.3 is 9.69 Å². The zero-order chi connectivity index (χ0) is 13.0. The van der Waals surface area contributed by atoms with Gasteiger partial charge in [-0.1, -0.05) is 36.7 Å². The Morgan fingerprint density at radius 2 is 2.11 bits per heavy atom. The van der Waals surface area contributed by atoms with E-state index in [1.54, 1.807) is 0 Å². The van der Waals surface area contributed by atoms with E-state index in [4.69, 9.17) is 11.6 Å². The number of carbonyl (C=O) groups excluding carboxylic acids is 1. The van der Waals surface area contributed by atoms with Crippen LogP contribution in [0, 0.1) is 0 Å². The van der Waals surface area contributed by atoms with Crippen LogP contribution in [0.5, 0.6) is 0 Å². The Kier molecular flexibility index (Phi) is 4.79. The number of nitrogens with zero attached hydrogens (tertiary/aromatic N) is 1. The molecule has 1 saturated heterocycles. The minimum atomic E-state index is 0.417. The molecule has 2 rings (SSSR count). The van der Waals surface area contributed by atoms with Gasteiger partial charge in [0.25, 0.3) is 0 Å². The molecule has 0 aliphatic carbocycles. The molecule has 1 aromatic rings. The van der Waals surface area contributed by atoms with E-state index < -0.39 is 0 Å². The highest BCUT2D eigenvalue weighted by atomic mass is 35.5. The van der Waals surface area contributed by atoms with Gasteiger partial charge in [0, 0.05) is 11.4 Å². The summed E-state index contributed by atoms with van der Waals surface area (Å²) in [6, 6.07) is 6.08. The Morgan fingerprint density at radius 1 is 1.39 bits per heavy atom. The number of hydrogen-bond donors (Lipinski definition) is 0. The van der Waals surface area contributed by atoms with E-state index in [1.807, 2.05) is 12.1 Å². The largest absolute Gasteiger partial charge is 0.304 e. The molecule has 18 heavy (non-hydrogen) atoms. The van der Waals surface area contributed by atoms with Gasteiger partial charge in [-0.05, 0) is 49.5 Å². The lowest BCUT2D eigenvalue weighted by Crippen LogP contribution is -2.32. The van der Waals surface area contributed by atoms with Crippen molar-refractivity contribution in [2.45, 2.75) is 32.1 Å². The third kappa shape index (κ3) is 2.93. The van der Waals surface area contributed by atoms with E-state index in [1.165, 1.54) is 5.56 Å². The predicted octanol–water partition coefficient (Wildman–Crippen LogP) is 3.28. The second-order valence-corrected chi connectivity index (χ2v) is 5.28. The third-order valence-corrected chi connectivity index (χ3v) is 4.35. The van der Waals surface area contributed by atoms with Gasteiger partial charge in [-0.25, -0.2) is 0 Å². The third-order valence-electron chi connectivity index (χ3n) is 3.89. The van der Waals surface area contributed by atoms with Crippen LogP contribution in [0.15, 0.2) is 18.2 Å². The molecule has 2 nitrogen and oxygen atoms in total. The first-order valence-electron chi connectivity index (χ1n) is 6.69. The second kappa shape index (κ2) is 6.35. The highest BCUT2D eigenvalue weighted by Crippen LogP contribution is 2.34. The zero-order valence-corrected chi connectivity index (χ0v) is 11.6. The predicted molar refractivity (Wildman–Crippen MR) is 75.3 cm³/mol. The summed E-state index contributed by atoms with van der Waals surface area (Å²) in [4.78, 5) is 13.1. The number of piperidine rings is 1. The summed E-state index contributed by atoms with van der Waals surface area (Å²) in [7, 11) is 0. The summed E-state index contributed by atoms with van der Waals surface area (Å²) in [6.45, 7) is 5.63. The lowest BCUT2D eigenvalue weighted by molar-refractivity contribution is -0.107. The number of benzene rings is 1. The quantitative estimate of drug-likeness (QED) is 0.779. The maximum absolute atomic E-state index is 10.6. The van der Waals surface area contributed by atoms with Crippen molar-refractivity contribution in [3.05, 3.63) is 34.3 Å². The first kappa shape index (κ1) is 13.6.